The van der Waals surface area contributed by atoms with E-state index in [4.69, 9.17) is 4.42 Å². The molecule has 0 amide bonds. The lowest BCUT2D eigenvalue weighted by atomic mass is 10.1. The second-order valence-corrected chi connectivity index (χ2v) is 5.48. The van der Waals surface area contributed by atoms with Crippen molar-refractivity contribution < 1.29 is 9.21 Å². The van der Waals surface area contributed by atoms with Crippen LogP contribution in [-0.4, -0.2) is 42.9 Å². The number of ketones is 1. The van der Waals surface area contributed by atoms with Crippen molar-refractivity contribution in [2.45, 2.75) is 38.3 Å². The van der Waals surface area contributed by atoms with Crippen LogP contribution in [0.3, 0.4) is 0 Å². The molecule has 3 heterocycles. The first-order valence-corrected chi connectivity index (χ1v) is 6.73. The summed E-state index contributed by atoms with van der Waals surface area (Å²) in [7, 11) is 2.23. The van der Waals surface area contributed by atoms with E-state index < -0.39 is 0 Å². The maximum Gasteiger partial charge on any atom is 0.196 e. The van der Waals surface area contributed by atoms with Crippen LogP contribution in [0.25, 0.3) is 0 Å². The van der Waals surface area contributed by atoms with Crippen molar-refractivity contribution >= 4 is 11.7 Å². The SMILES string of the molecule is CC(=O)c1ccc(N2CCC3CCC(C2)N3C)o1. The van der Waals surface area contributed by atoms with Crippen LogP contribution in [-0.2, 0) is 0 Å². The van der Waals surface area contributed by atoms with E-state index in [1.165, 1.54) is 19.3 Å². The summed E-state index contributed by atoms with van der Waals surface area (Å²) in [6, 6.07) is 5.06. The van der Waals surface area contributed by atoms with Crippen LogP contribution >= 0.6 is 0 Å². The van der Waals surface area contributed by atoms with E-state index in [-0.39, 0.29) is 5.78 Å². The number of carbonyl (C=O) groups excluding carboxylic acids is 1. The molecule has 2 saturated heterocycles. The standard InChI is InChI=1S/C14H20N2O2/c1-10(17)13-5-6-14(18-13)16-8-7-11-3-4-12(9-16)15(11)2/h5-6,11-12H,3-4,7-9H2,1-2H3. The highest BCUT2D eigenvalue weighted by Gasteiger charge is 2.35. The molecule has 1 aromatic rings. The lowest BCUT2D eigenvalue weighted by molar-refractivity contribution is 0.0987. The van der Waals surface area contributed by atoms with Crippen LogP contribution in [0, 0.1) is 0 Å². The lowest BCUT2D eigenvalue weighted by Crippen LogP contribution is -2.36. The minimum atomic E-state index is -0.00490. The van der Waals surface area contributed by atoms with Gasteiger partial charge in [-0.15, -0.1) is 0 Å². The van der Waals surface area contributed by atoms with Crippen molar-refractivity contribution in [3.63, 3.8) is 0 Å². The van der Waals surface area contributed by atoms with Crippen molar-refractivity contribution in [1.29, 1.82) is 0 Å². The highest BCUT2D eigenvalue weighted by atomic mass is 16.4. The van der Waals surface area contributed by atoms with Gasteiger partial charge in [-0.25, -0.2) is 0 Å². The van der Waals surface area contributed by atoms with Gasteiger partial charge in [-0.2, -0.15) is 0 Å². The van der Waals surface area contributed by atoms with E-state index in [0.717, 1.165) is 25.0 Å². The average Bonchev–Trinajstić information content (AvgIpc) is 2.86. The molecule has 0 saturated carbocycles. The molecule has 18 heavy (non-hydrogen) atoms. The van der Waals surface area contributed by atoms with Crippen molar-refractivity contribution in [2.75, 3.05) is 25.0 Å². The van der Waals surface area contributed by atoms with Crippen LogP contribution in [0.1, 0.15) is 36.7 Å². The zero-order chi connectivity index (χ0) is 12.7. The van der Waals surface area contributed by atoms with Crippen LogP contribution in [0.15, 0.2) is 16.5 Å². The predicted molar refractivity (Wildman–Crippen MR) is 70.1 cm³/mol. The first-order chi connectivity index (χ1) is 8.65. The van der Waals surface area contributed by atoms with Crippen molar-refractivity contribution in [3.8, 4) is 0 Å². The number of furan rings is 1. The molecule has 98 valence electrons. The predicted octanol–water partition coefficient (Wildman–Crippen LogP) is 2.16. The second kappa shape index (κ2) is 4.43. The Morgan fingerprint density at radius 2 is 2.06 bits per heavy atom. The molecule has 4 heteroatoms. The van der Waals surface area contributed by atoms with Gasteiger partial charge in [0.25, 0.3) is 0 Å². The van der Waals surface area contributed by atoms with E-state index in [2.05, 4.69) is 16.8 Å². The Kier molecular flexibility index (Phi) is 2.90. The highest BCUT2D eigenvalue weighted by Crippen LogP contribution is 2.31. The third-order valence-electron chi connectivity index (χ3n) is 4.40. The number of nitrogens with zero attached hydrogens (tertiary/aromatic N) is 2. The van der Waals surface area contributed by atoms with Gasteiger partial charge in [0.05, 0.1) is 0 Å². The van der Waals surface area contributed by atoms with Crippen molar-refractivity contribution in [3.05, 3.63) is 17.9 Å². The number of rotatable bonds is 2. The van der Waals surface area contributed by atoms with Gasteiger partial charge in [0, 0.05) is 38.2 Å². The van der Waals surface area contributed by atoms with Gasteiger partial charge < -0.3 is 9.32 Å². The molecule has 0 aliphatic carbocycles. The number of Topliss-reactive ketones (excluding diaryl/α,β-unsaturated/α-hetero) is 1. The molecular weight excluding hydrogens is 228 g/mol. The minimum absolute atomic E-state index is 0.00490. The molecule has 0 aromatic carbocycles. The summed E-state index contributed by atoms with van der Waals surface area (Å²) < 4.78 is 5.64. The van der Waals surface area contributed by atoms with Crippen LogP contribution in [0.2, 0.25) is 0 Å². The van der Waals surface area contributed by atoms with E-state index in [1.807, 2.05) is 6.07 Å². The van der Waals surface area contributed by atoms with E-state index in [1.54, 1.807) is 13.0 Å². The van der Waals surface area contributed by atoms with E-state index in [0.29, 0.717) is 11.8 Å². The third-order valence-corrected chi connectivity index (χ3v) is 4.40. The molecule has 3 rings (SSSR count). The van der Waals surface area contributed by atoms with Gasteiger partial charge in [0.15, 0.2) is 17.4 Å². The van der Waals surface area contributed by atoms with Gasteiger partial charge in [-0.05, 0) is 32.4 Å². The number of hydrogen-bond donors (Lipinski definition) is 0. The molecule has 2 aliphatic rings. The summed E-state index contributed by atoms with van der Waals surface area (Å²) in [6.45, 7) is 3.58. The first kappa shape index (κ1) is 11.8. The molecule has 2 atom stereocenters. The summed E-state index contributed by atoms with van der Waals surface area (Å²) in [4.78, 5) is 16.1. The maximum atomic E-state index is 11.3. The Hall–Kier alpha value is -1.29. The monoisotopic (exact) mass is 248 g/mol. The summed E-state index contributed by atoms with van der Waals surface area (Å²) in [5, 5.41) is 0. The normalized spacial score (nSPS) is 28.4. The van der Waals surface area contributed by atoms with Crippen molar-refractivity contribution in [1.82, 2.24) is 4.90 Å². The number of hydrogen-bond acceptors (Lipinski definition) is 4. The number of likely N-dealkylation sites (N-methyl/N-ethyl adjacent to an activating group) is 1. The minimum Gasteiger partial charge on any atom is -0.437 e. The Bertz CT molecular complexity index is 454. The fourth-order valence-electron chi connectivity index (χ4n) is 3.20. The molecule has 2 bridgehead atoms. The van der Waals surface area contributed by atoms with Gasteiger partial charge in [0.1, 0.15) is 0 Å². The highest BCUT2D eigenvalue weighted by molar-refractivity contribution is 5.91. The van der Waals surface area contributed by atoms with Gasteiger partial charge in [-0.1, -0.05) is 0 Å². The van der Waals surface area contributed by atoms with Gasteiger partial charge >= 0.3 is 0 Å². The summed E-state index contributed by atoms with van der Waals surface area (Å²) in [5.74, 6) is 1.31. The van der Waals surface area contributed by atoms with Gasteiger partial charge in [0.2, 0.25) is 0 Å². The van der Waals surface area contributed by atoms with E-state index in [9.17, 15) is 4.79 Å². The number of anilines is 1. The summed E-state index contributed by atoms with van der Waals surface area (Å²) in [5.41, 5.74) is 0. The molecule has 2 aliphatic heterocycles. The molecule has 0 radical (unpaired) electrons. The zero-order valence-corrected chi connectivity index (χ0v) is 11.1. The summed E-state index contributed by atoms with van der Waals surface area (Å²) >= 11 is 0. The van der Waals surface area contributed by atoms with E-state index >= 15 is 0 Å². The van der Waals surface area contributed by atoms with Crippen LogP contribution in [0.5, 0.6) is 0 Å². The molecule has 1 aromatic heterocycles. The molecule has 2 unspecified atom stereocenters. The average molecular weight is 248 g/mol. The maximum absolute atomic E-state index is 11.3. The Balaban J connectivity index is 1.78. The first-order valence-electron chi connectivity index (χ1n) is 6.73. The largest absolute Gasteiger partial charge is 0.437 e. The molecule has 0 spiro atoms. The molecular formula is C14H20N2O2. The second-order valence-electron chi connectivity index (χ2n) is 5.48. The Morgan fingerprint density at radius 1 is 1.28 bits per heavy atom. The van der Waals surface area contributed by atoms with Gasteiger partial charge in [-0.3, -0.25) is 9.69 Å². The lowest BCUT2D eigenvalue weighted by Gasteiger charge is -2.25. The molecule has 2 fully saturated rings. The molecule has 4 nitrogen and oxygen atoms in total. The Labute approximate surface area is 108 Å². The number of carbonyl (C=O) groups is 1. The van der Waals surface area contributed by atoms with Crippen LogP contribution in [0.4, 0.5) is 5.88 Å². The van der Waals surface area contributed by atoms with Crippen molar-refractivity contribution in [2.24, 2.45) is 0 Å². The third kappa shape index (κ3) is 1.94. The quantitative estimate of drug-likeness (QED) is 0.751. The summed E-state index contributed by atoms with van der Waals surface area (Å²) in [6.07, 6.45) is 3.78. The topological polar surface area (TPSA) is 36.7 Å². The zero-order valence-electron chi connectivity index (χ0n) is 11.1. The molecule has 0 N–H and O–H groups in total. The fourth-order valence-corrected chi connectivity index (χ4v) is 3.20. The Morgan fingerprint density at radius 3 is 2.78 bits per heavy atom. The smallest absolute Gasteiger partial charge is 0.196 e. The van der Waals surface area contributed by atoms with Crippen LogP contribution < -0.4 is 4.90 Å². The number of fused-ring (bicyclic) bond motifs is 2. The fraction of sp³-hybridized carbons (Fsp3) is 0.643.